The van der Waals surface area contributed by atoms with Crippen LogP contribution in [-0.4, -0.2) is 46.6 Å². The van der Waals surface area contributed by atoms with Crippen molar-refractivity contribution in [3.63, 3.8) is 0 Å². The molecular formula is C25H26F2N5O+. The molecule has 0 aliphatic carbocycles. The first-order valence-corrected chi connectivity index (χ1v) is 10.7. The van der Waals surface area contributed by atoms with Crippen molar-refractivity contribution in [2.45, 2.75) is 24.9 Å². The van der Waals surface area contributed by atoms with Crippen molar-refractivity contribution in [2.24, 2.45) is 0 Å². The van der Waals surface area contributed by atoms with Gasteiger partial charge in [-0.25, -0.2) is 8.78 Å². The Morgan fingerprint density at radius 3 is 2.58 bits per heavy atom. The summed E-state index contributed by atoms with van der Waals surface area (Å²) in [7, 11) is 0. The molecule has 1 atom stereocenters. The lowest BCUT2D eigenvalue weighted by Crippen LogP contribution is -2.54. The Hall–Kier alpha value is -3.65. The number of carbonyl (C=O) groups is 1. The molecule has 1 aromatic heterocycles. The third-order valence-corrected chi connectivity index (χ3v) is 5.66. The van der Waals surface area contributed by atoms with Gasteiger partial charge in [0.1, 0.15) is 0 Å². The molecule has 1 aliphatic heterocycles. The summed E-state index contributed by atoms with van der Waals surface area (Å²) in [5.41, 5.74) is 9.39. The number of anilines is 1. The second-order valence-electron chi connectivity index (χ2n) is 8.34. The zero-order chi connectivity index (χ0) is 23.4. The van der Waals surface area contributed by atoms with Gasteiger partial charge in [0.05, 0.1) is 12.1 Å². The smallest absolute Gasteiger partial charge is 0.262 e. The first kappa shape index (κ1) is 22.5. The van der Waals surface area contributed by atoms with Crippen molar-refractivity contribution in [1.29, 1.82) is 0 Å². The fourth-order valence-electron chi connectivity index (χ4n) is 4.14. The molecule has 5 N–H and O–H groups in total. The average Bonchev–Trinajstić information content (AvgIpc) is 2.79. The lowest BCUT2D eigenvalue weighted by atomic mass is 9.98. The fraction of sp³-hybridized carbons (Fsp3) is 0.240. The lowest BCUT2D eigenvalue weighted by Gasteiger charge is -2.37. The van der Waals surface area contributed by atoms with E-state index in [2.05, 4.69) is 10.3 Å². The highest BCUT2D eigenvalue weighted by Crippen LogP contribution is 2.28. The molecular weight excluding hydrogens is 424 g/mol. The van der Waals surface area contributed by atoms with Crippen LogP contribution in [-0.2, 0) is 6.54 Å². The number of likely N-dealkylation sites (tertiary alicyclic amines) is 1. The second-order valence-corrected chi connectivity index (χ2v) is 8.34. The van der Waals surface area contributed by atoms with E-state index in [0.29, 0.717) is 35.6 Å². The topological polar surface area (TPSA) is 96.8 Å². The van der Waals surface area contributed by atoms with E-state index in [-0.39, 0.29) is 6.54 Å². The molecule has 0 saturated carbocycles. The normalized spacial score (nSPS) is 17.9. The van der Waals surface area contributed by atoms with Crippen molar-refractivity contribution < 1.29 is 19.0 Å². The monoisotopic (exact) mass is 450 g/mol. The van der Waals surface area contributed by atoms with E-state index in [1.54, 1.807) is 47.6 Å². The average molecular weight is 451 g/mol. The van der Waals surface area contributed by atoms with Crippen LogP contribution in [0.25, 0.3) is 0 Å². The van der Waals surface area contributed by atoms with Gasteiger partial charge in [0.25, 0.3) is 11.8 Å². The van der Waals surface area contributed by atoms with Crippen molar-refractivity contribution in [1.82, 2.24) is 15.2 Å². The summed E-state index contributed by atoms with van der Waals surface area (Å²) < 4.78 is 28.9. The molecule has 1 fully saturated rings. The number of hydrogen-bond donors (Lipinski definition) is 3. The zero-order valence-electron chi connectivity index (χ0n) is 18.0. The Morgan fingerprint density at radius 1 is 1.12 bits per heavy atom. The SMILES string of the molecule is Nc1ccc(C(=O)NC2CN(Cc3ccccc3)CC(F)(F)C2)cc1C(=[NH2+])c1ccncc1. The van der Waals surface area contributed by atoms with Crippen LogP contribution in [0.1, 0.15) is 33.5 Å². The van der Waals surface area contributed by atoms with Crippen LogP contribution in [0.4, 0.5) is 14.5 Å². The molecule has 3 aromatic rings. The number of nitrogen functional groups attached to an aromatic ring is 1. The van der Waals surface area contributed by atoms with E-state index in [1.165, 1.54) is 0 Å². The van der Waals surface area contributed by atoms with E-state index >= 15 is 0 Å². The van der Waals surface area contributed by atoms with Crippen molar-refractivity contribution >= 4 is 17.3 Å². The Bertz CT molecular complexity index is 1140. The van der Waals surface area contributed by atoms with Crippen molar-refractivity contribution in [3.8, 4) is 0 Å². The van der Waals surface area contributed by atoms with E-state index in [4.69, 9.17) is 11.1 Å². The molecule has 0 radical (unpaired) electrons. The molecule has 1 unspecified atom stereocenters. The minimum absolute atomic E-state index is 0.305. The van der Waals surface area contributed by atoms with Gasteiger partial charge >= 0.3 is 0 Å². The number of pyridine rings is 1. The van der Waals surface area contributed by atoms with Gasteiger partial charge in [-0.1, -0.05) is 30.3 Å². The van der Waals surface area contributed by atoms with Crippen LogP contribution in [0.3, 0.4) is 0 Å². The summed E-state index contributed by atoms with van der Waals surface area (Å²) in [4.78, 5) is 18.6. The number of benzene rings is 2. The van der Waals surface area contributed by atoms with Gasteiger partial charge in [-0.05, 0) is 35.9 Å². The third kappa shape index (κ3) is 5.59. The minimum Gasteiger partial charge on any atom is -0.398 e. The highest BCUT2D eigenvalue weighted by molar-refractivity contribution is 6.13. The van der Waals surface area contributed by atoms with Gasteiger partial charge in [0.15, 0.2) is 0 Å². The number of hydrogen-bond acceptors (Lipinski definition) is 4. The number of nitrogens with zero attached hydrogens (tertiary/aromatic N) is 2. The third-order valence-electron chi connectivity index (χ3n) is 5.66. The standard InChI is InChI=1S/C25H25F2N5O/c26-25(27)13-20(15-32(16-25)14-17-4-2-1-3-5-17)31-24(33)19-6-7-22(28)21(12-19)23(29)18-8-10-30-11-9-18/h1-12,20,29H,13-16,28H2,(H,31,33)/p+1. The van der Waals surface area contributed by atoms with Crippen LogP contribution in [0, 0.1) is 0 Å². The molecule has 2 aromatic carbocycles. The predicted molar refractivity (Wildman–Crippen MR) is 123 cm³/mol. The summed E-state index contributed by atoms with van der Waals surface area (Å²) in [6, 6.07) is 17.0. The molecule has 1 amide bonds. The maximum absolute atomic E-state index is 14.4. The van der Waals surface area contributed by atoms with E-state index in [0.717, 1.165) is 11.1 Å². The number of aromatic nitrogens is 1. The summed E-state index contributed by atoms with van der Waals surface area (Å²) in [6.45, 7) is 0.396. The molecule has 6 nitrogen and oxygen atoms in total. The van der Waals surface area contributed by atoms with Gasteiger partial charge in [0, 0.05) is 54.8 Å². The number of rotatable bonds is 6. The number of nitrogens with one attached hydrogen (secondary N) is 1. The summed E-state index contributed by atoms with van der Waals surface area (Å²) in [5.74, 6) is -3.34. The number of amides is 1. The lowest BCUT2D eigenvalue weighted by molar-refractivity contribution is -0.111. The Balaban J connectivity index is 1.48. The number of piperidine rings is 1. The molecule has 1 aliphatic rings. The first-order chi connectivity index (χ1) is 15.8. The Kier molecular flexibility index (Phi) is 6.46. The highest BCUT2D eigenvalue weighted by atomic mass is 19.3. The molecule has 33 heavy (non-hydrogen) atoms. The number of halogens is 2. The quantitative estimate of drug-likeness (QED) is 0.395. The molecule has 0 bridgehead atoms. The molecule has 0 spiro atoms. The van der Waals surface area contributed by atoms with Gasteiger partial charge in [-0.15, -0.1) is 0 Å². The summed E-state index contributed by atoms with van der Waals surface area (Å²) >= 11 is 0. The molecule has 8 heteroatoms. The largest absolute Gasteiger partial charge is 0.398 e. The van der Waals surface area contributed by atoms with Crippen LogP contribution in [0.15, 0.2) is 73.1 Å². The predicted octanol–water partition coefficient (Wildman–Crippen LogP) is 1.90. The Labute approximate surface area is 191 Å². The highest BCUT2D eigenvalue weighted by Gasteiger charge is 2.40. The van der Waals surface area contributed by atoms with E-state index in [1.807, 2.05) is 30.3 Å². The maximum atomic E-state index is 14.4. The van der Waals surface area contributed by atoms with E-state index in [9.17, 15) is 13.6 Å². The van der Waals surface area contributed by atoms with Gasteiger partial charge in [-0.2, -0.15) is 0 Å². The van der Waals surface area contributed by atoms with E-state index < -0.39 is 24.3 Å². The molecule has 170 valence electrons. The summed E-state index contributed by atoms with van der Waals surface area (Å²) in [6.07, 6.45) is 2.82. The maximum Gasteiger partial charge on any atom is 0.262 e. The van der Waals surface area contributed by atoms with Crippen LogP contribution < -0.4 is 16.5 Å². The summed E-state index contributed by atoms with van der Waals surface area (Å²) in [5, 5.41) is 9.04. The molecule has 1 saturated heterocycles. The number of nitrogens with two attached hydrogens (primary N) is 2. The Morgan fingerprint density at radius 2 is 1.85 bits per heavy atom. The van der Waals surface area contributed by atoms with Crippen LogP contribution in [0.5, 0.6) is 0 Å². The molecule has 4 rings (SSSR count). The zero-order valence-corrected chi connectivity index (χ0v) is 18.0. The van der Waals surface area contributed by atoms with Gasteiger partial charge in [0.2, 0.25) is 5.71 Å². The van der Waals surface area contributed by atoms with Gasteiger partial charge in [-0.3, -0.25) is 20.1 Å². The number of carbonyl (C=O) groups excluding carboxylic acids is 1. The number of alkyl halides is 2. The van der Waals surface area contributed by atoms with Crippen LogP contribution >= 0.6 is 0 Å². The van der Waals surface area contributed by atoms with Crippen molar-refractivity contribution in [3.05, 3.63) is 95.3 Å². The first-order valence-electron chi connectivity index (χ1n) is 10.7. The molecule has 2 heterocycles. The van der Waals surface area contributed by atoms with Gasteiger partial charge < -0.3 is 11.1 Å². The van der Waals surface area contributed by atoms with Crippen LogP contribution in [0.2, 0.25) is 0 Å². The minimum atomic E-state index is -2.89. The second kappa shape index (κ2) is 9.46. The fourth-order valence-corrected chi connectivity index (χ4v) is 4.14. The van der Waals surface area contributed by atoms with Crippen molar-refractivity contribution in [2.75, 3.05) is 18.8 Å².